The largest absolute Gasteiger partial charge is 0.504 e. The molecular formula is C25H32O11. The van der Waals surface area contributed by atoms with Crippen LogP contribution in [0, 0.1) is 0 Å². The molecule has 2 aromatic rings. The fourth-order valence-corrected chi connectivity index (χ4v) is 4.65. The van der Waals surface area contributed by atoms with Gasteiger partial charge in [-0.05, 0) is 48.2 Å². The van der Waals surface area contributed by atoms with Gasteiger partial charge in [0.25, 0.3) is 0 Å². The van der Waals surface area contributed by atoms with Gasteiger partial charge in [0.05, 0.1) is 24.9 Å². The summed E-state index contributed by atoms with van der Waals surface area (Å²) in [5.41, 5.74) is 1.38. The van der Waals surface area contributed by atoms with E-state index in [0.29, 0.717) is 31.2 Å². The molecular weight excluding hydrogens is 476 g/mol. The van der Waals surface area contributed by atoms with Gasteiger partial charge in [-0.15, -0.1) is 0 Å². The van der Waals surface area contributed by atoms with E-state index in [-0.39, 0.29) is 29.1 Å². The Labute approximate surface area is 207 Å². The quantitative estimate of drug-likeness (QED) is 0.244. The van der Waals surface area contributed by atoms with Crippen molar-refractivity contribution in [1.82, 2.24) is 0 Å². The van der Waals surface area contributed by atoms with Crippen LogP contribution in [-0.2, 0) is 20.6 Å². The standard InChI is InChI=1S/C25H32O11/c26-11-21-22(31)23(32)24(33)25(36-21)35-15-9-14(4-1-12-2-5-16(27)18(29)7-12)34-20(10-15)13-3-6-17(28)19(30)8-13/h2-3,5-8,14-15,20-33H,1,4,9-11H2. The lowest BCUT2D eigenvalue weighted by Crippen LogP contribution is -2.60. The van der Waals surface area contributed by atoms with Crippen molar-refractivity contribution >= 4 is 0 Å². The number of phenols is 4. The first-order chi connectivity index (χ1) is 17.2. The Morgan fingerprint density at radius 2 is 1.47 bits per heavy atom. The van der Waals surface area contributed by atoms with E-state index in [1.54, 1.807) is 12.1 Å². The van der Waals surface area contributed by atoms with Crippen LogP contribution in [0.15, 0.2) is 36.4 Å². The predicted octanol–water partition coefficient (Wildman–Crippen LogP) is 0.547. The van der Waals surface area contributed by atoms with E-state index in [1.165, 1.54) is 24.3 Å². The van der Waals surface area contributed by atoms with Crippen molar-refractivity contribution in [1.29, 1.82) is 0 Å². The molecule has 0 bridgehead atoms. The zero-order valence-corrected chi connectivity index (χ0v) is 19.4. The highest BCUT2D eigenvalue weighted by molar-refractivity contribution is 5.42. The molecule has 4 rings (SSSR count). The smallest absolute Gasteiger partial charge is 0.186 e. The van der Waals surface area contributed by atoms with E-state index >= 15 is 0 Å². The van der Waals surface area contributed by atoms with Crippen LogP contribution in [0.4, 0.5) is 0 Å². The van der Waals surface area contributed by atoms with Gasteiger partial charge in [0.2, 0.25) is 0 Å². The minimum Gasteiger partial charge on any atom is -0.504 e. The van der Waals surface area contributed by atoms with E-state index in [0.717, 1.165) is 5.56 Å². The Hall–Kier alpha value is -2.64. The van der Waals surface area contributed by atoms with Gasteiger partial charge in [0.1, 0.15) is 24.4 Å². The van der Waals surface area contributed by atoms with Gasteiger partial charge in [-0.1, -0.05) is 12.1 Å². The maximum absolute atomic E-state index is 10.4. The molecule has 0 aliphatic carbocycles. The lowest BCUT2D eigenvalue weighted by atomic mass is 9.92. The van der Waals surface area contributed by atoms with Crippen LogP contribution in [0.3, 0.4) is 0 Å². The number of hydrogen-bond acceptors (Lipinski definition) is 11. The number of rotatable bonds is 7. The maximum Gasteiger partial charge on any atom is 0.186 e. The molecule has 0 saturated carbocycles. The number of aromatic hydroxyl groups is 4. The van der Waals surface area contributed by atoms with E-state index in [1.807, 2.05) is 0 Å². The SMILES string of the molecule is OCC1OC(OC2CC(CCc3ccc(O)c(O)c3)OC(c3ccc(O)c(O)c3)C2)C(O)C(O)C1O. The first-order valence-electron chi connectivity index (χ1n) is 11.8. The summed E-state index contributed by atoms with van der Waals surface area (Å²) in [7, 11) is 0. The third-order valence-electron chi connectivity index (χ3n) is 6.70. The zero-order valence-electron chi connectivity index (χ0n) is 19.4. The van der Waals surface area contributed by atoms with Crippen LogP contribution < -0.4 is 0 Å². The number of benzene rings is 2. The maximum atomic E-state index is 10.4. The van der Waals surface area contributed by atoms with Crippen molar-refractivity contribution in [3.63, 3.8) is 0 Å². The third kappa shape index (κ3) is 5.84. The molecule has 2 heterocycles. The van der Waals surface area contributed by atoms with Crippen LogP contribution >= 0.6 is 0 Å². The van der Waals surface area contributed by atoms with E-state index in [4.69, 9.17) is 14.2 Å². The Kier molecular flexibility index (Phi) is 8.20. The lowest BCUT2D eigenvalue weighted by Gasteiger charge is -2.43. The summed E-state index contributed by atoms with van der Waals surface area (Å²) in [5, 5.41) is 78.9. The predicted molar refractivity (Wildman–Crippen MR) is 123 cm³/mol. The molecule has 2 aliphatic heterocycles. The highest BCUT2D eigenvalue weighted by atomic mass is 16.7. The normalized spacial score (nSPS) is 32.9. The van der Waals surface area contributed by atoms with Crippen LogP contribution in [-0.4, -0.2) is 90.4 Å². The number of phenolic OH excluding ortho intramolecular Hbond substituents is 4. The van der Waals surface area contributed by atoms with Crippen molar-refractivity contribution < 1.29 is 55.1 Å². The summed E-state index contributed by atoms with van der Waals surface area (Å²) in [6, 6.07) is 8.92. The van der Waals surface area contributed by atoms with E-state index in [9.17, 15) is 40.9 Å². The first kappa shape index (κ1) is 26.4. The van der Waals surface area contributed by atoms with Crippen LogP contribution in [0.1, 0.15) is 36.5 Å². The molecule has 0 radical (unpaired) electrons. The number of aliphatic hydroxyl groups is 4. The molecule has 198 valence electrons. The van der Waals surface area contributed by atoms with E-state index in [2.05, 4.69) is 0 Å². The molecule has 0 amide bonds. The highest BCUT2D eigenvalue weighted by Crippen LogP contribution is 2.39. The number of aliphatic hydroxyl groups excluding tert-OH is 4. The fourth-order valence-electron chi connectivity index (χ4n) is 4.65. The minimum atomic E-state index is -1.57. The molecule has 8 atom stereocenters. The Bertz CT molecular complexity index is 1030. The minimum absolute atomic E-state index is 0.215. The van der Waals surface area contributed by atoms with Gasteiger partial charge in [0.15, 0.2) is 29.3 Å². The van der Waals surface area contributed by atoms with Gasteiger partial charge in [-0.2, -0.15) is 0 Å². The number of hydrogen-bond donors (Lipinski definition) is 8. The molecule has 8 unspecified atom stereocenters. The Balaban J connectivity index is 1.50. The van der Waals surface area contributed by atoms with Crippen LogP contribution in [0.25, 0.3) is 0 Å². The zero-order chi connectivity index (χ0) is 26.0. The summed E-state index contributed by atoms with van der Waals surface area (Å²) in [6.07, 6.45) is -6.72. The van der Waals surface area contributed by atoms with Gasteiger partial charge in [0, 0.05) is 12.8 Å². The summed E-state index contributed by atoms with van der Waals surface area (Å²) in [4.78, 5) is 0. The second-order valence-corrected chi connectivity index (χ2v) is 9.28. The summed E-state index contributed by atoms with van der Waals surface area (Å²) < 4.78 is 17.8. The van der Waals surface area contributed by atoms with Crippen molar-refractivity contribution in [2.24, 2.45) is 0 Å². The monoisotopic (exact) mass is 508 g/mol. The summed E-state index contributed by atoms with van der Waals surface area (Å²) in [6.45, 7) is -0.573. The molecule has 11 nitrogen and oxygen atoms in total. The summed E-state index contributed by atoms with van der Waals surface area (Å²) in [5.74, 6) is -1.01. The van der Waals surface area contributed by atoms with Crippen LogP contribution in [0.5, 0.6) is 23.0 Å². The number of aryl methyl sites for hydroxylation is 1. The lowest BCUT2D eigenvalue weighted by molar-refractivity contribution is -0.318. The second kappa shape index (κ2) is 11.2. The Morgan fingerprint density at radius 3 is 2.14 bits per heavy atom. The van der Waals surface area contributed by atoms with Crippen molar-refractivity contribution in [2.75, 3.05) is 6.61 Å². The average Bonchev–Trinajstić information content (AvgIpc) is 2.86. The van der Waals surface area contributed by atoms with Crippen molar-refractivity contribution in [2.45, 2.75) is 74.7 Å². The van der Waals surface area contributed by atoms with Gasteiger partial charge in [-0.25, -0.2) is 0 Å². The van der Waals surface area contributed by atoms with Gasteiger partial charge in [-0.3, -0.25) is 0 Å². The topological polar surface area (TPSA) is 190 Å². The van der Waals surface area contributed by atoms with Crippen LogP contribution in [0.2, 0.25) is 0 Å². The van der Waals surface area contributed by atoms with Crippen molar-refractivity contribution in [3.8, 4) is 23.0 Å². The van der Waals surface area contributed by atoms with Gasteiger partial charge >= 0.3 is 0 Å². The fraction of sp³-hybridized carbons (Fsp3) is 0.520. The molecule has 36 heavy (non-hydrogen) atoms. The molecule has 2 aliphatic rings. The van der Waals surface area contributed by atoms with Gasteiger partial charge < -0.3 is 55.1 Å². The summed E-state index contributed by atoms with van der Waals surface area (Å²) >= 11 is 0. The molecule has 0 aromatic heterocycles. The highest BCUT2D eigenvalue weighted by Gasteiger charge is 2.45. The van der Waals surface area contributed by atoms with E-state index < -0.39 is 49.5 Å². The number of ether oxygens (including phenoxy) is 3. The first-order valence-corrected chi connectivity index (χ1v) is 11.8. The molecule has 0 spiro atoms. The molecule has 2 saturated heterocycles. The Morgan fingerprint density at radius 1 is 0.778 bits per heavy atom. The average molecular weight is 509 g/mol. The third-order valence-corrected chi connectivity index (χ3v) is 6.70. The molecule has 2 aromatic carbocycles. The van der Waals surface area contributed by atoms with Crippen molar-refractivity contribution in [3.05, 3.63) is 47.5 Å². The molecule has 2 fully saturated rings. The molecule has 11 heteroatoms. The molecule has 8 N–H and O–H groups in total. The second-order valence-electron chi connectivity index (χ2n) is 9.28.